The number of benzene rings is 3. The van der Waals surface area contributed by atoms with Gasteiger partial charge in [-0.15, -0.1) is 0 Å². The lowest BCUT2D eigenvalue weighted by Crippen LogP contribution is -2.33. The summed E-state index contributed by atoms with van der Waals surface area (Å²) in [7, 11) is 0. The Bertz CT molecular complexity index is 1360. The number of hydrogen-bond donors (Lipinski definition) is 1. The van der Waals surface area contributed by atoms with E-state index >= 15 is 0 Å². The van der Waals surface area contributed by atoms with Gasteiger partial charge in [-0.05, 0) is 60.0 Å². The molecular weight excluding hydrogens is 542 g/mol. The molecule has 0 fully saturated rings. The van der Waals surface area contributed by atoms with Crippen LogP contribution in [-0.4, -0.2) is 34.0 Å². The minimum Gasteiger partial charge on any atom is -0.487 e. The van der Waals surface area contributed by atoms with Gasteiger partial charge < -0.3 is 14.7 Å². The van der Waals surface area contributed by atoms with Crippen molar-refractivity contribution >= 4 is 35.1 Å². The number of amides is 1. The van der Waals surface area contributed by atoms with Gasteiger partial charge in [0.1, 0.15) is 11.4 Å². The second-order valence-electron chi connectivity index (χ2n) is 9.51. The summed E-state index contributed by atoms with van der Waals surface area (Å²) in [6, 6.07) is 14.8. The van der Waals surface area contributed by atoms with E-state index in [0.29, 0.717) is 39.8 Å². The van der Waals surface area contributed by atoms with Gasteiger partial charge in [0.15, 0.2) is 0 Å². The van der Waals surface area contributed by atoms with Crippen molar-refractivity contribution in [1.82, 2.24) is 4.90 Å². The van der Waals surface area contributed by atoms with E-state index in [4.69, 9.17) is 33.0 Å². The summed E-state index contributed by atoms with van der Waals surface area (Å²) < 4.78 is 44.9. The van der Waals surface area contributed by atoms with Gasteiger partial charge in [-0.3, -0.25) is 9.59 Å². The first-order valence-electron chi connectivity index (χ1n) is 11.8. The molecule has 0 radical (unpaired) electrons. The maximum atomic E-state index is 13.4. The Balaban J connectivity index is 1.53. The monoisotopic (exact) mass is 565 g/mol. The van der Waals surface area contributed by atoms with Crippen LogP contribution < -0.4 is 4.74 Å². The molecule has 0 spiro atoms. The minimum atomic E-state index is -4.48. The largest absolute Gasteiger partial charge is 0.487 e. The Kier molecular flexibility index (Phi) is 7.95. The van der Waals surface area contributed by atoms with E-state index in [1.165, 1.54) is 17.0 Å². The van der Waals surface area contributed by atoms with Gasteiger partial charge in [-0.2, -0.15) is 13.2 Å². The number of rotatable bonds is 8. The van der Waals surface area contributed by atoms with E-state index in [0.717, 1.165) is 23.3 Å². The molecule has 1 heterocycles. The number of halogens is 5. The summed E-state index contributed by atoms with van der Waals surface area (Å²) in [4.78, 5) is 25.9. The molecule has 5 nitrogen and oxygen atoms in total. The number of ether oxygens (including phenoxy) is 1. The standard InChI is InChI=1S/C28H24Cl2F3NO4/c1-27(14-19-3-2-4-22(29)25(19)30)15-20-13-18(7-10-23(20)38-27)26(37)34(12-11-24(35)36)16-17-5-8-21(9-6-17)28(31,32)33/h2-10,13H,11-12,14-16H2,1H3,(H,35,36)/t27-/m1/s1. The van der Waals surface area contributed by atoms with E-state index in [-0.39, 0.29) is 19.5 Å². The molecule has 3 aromatic carbocycles. The van der Waals surface area contributed by atoms with Crippen molar-refractivity contribution in [2.75, 3.05) is 6.54 Å². The quantitative estimate of drug-likeness (QED) is 0.317. The molecule has 1 aliphatic rings. The Morgan fingerprint density at radius 2 is 1.79 bits per heavy atom. The van der Waals surface area contributed by atoms with Crippen LogP contribution in [0.1, 0.15) is 46.0 Å². The SMILES string of the molecule is C[C@@]1(Cc2cccc(Cl)c2Cl)Cc2cc(C(=O)N(CCC(=O)O)Cc3ccc(C(F)(F)F)cc3)ccc2O1. The zero-order valence-corrected chi connectivity index (χ0v) is 21.8. The molecule has 0 saturated carbocycles. The number of hydrogen-bond acceptors (Lipinski definition) is 3. The van der Waals surface area contributed by atoms with Crippen LogP contribution in [0.4, 0.5) is 13.2 Å². The van der Waals surface area contributed by atoms with Crippen LogP contribution in [0.5, 0.6) is 5.75 Å². The molecule has 200 valence electrons. The zero-order chi connectivity index (χ0) is 27.7. The van der Waals surface area contributed by atoms with Crippen molar-refractivity contribution < 1.29 is 32.6 Å². The number of carboxylic acid groups (broad SMARTS) is 1. The van der Waals surface area contributed by atoms with Crippen LogP contribution in [0.15, 0.2) is 60.7 Å². The van der Waals surface area contributed by atoms with E-state index in [9.17, 15) is 22.8 Å². The van der Waals surface area contributed by atoms with Crippen molar-refractivity contribution in [3.05, 3.63) is 98.5 Å². The lowest BCUT2D eigenvalue weighted by Gasteiger charge is -2.24. The average molecular weight is 566 g/mol. The summed E-state index contributed by atoms with van der Waals surface area (Å²) in [6.45, 7) is 1.80. The molecule has 1 amide bonds. The average Bonchev–Trinajstić information content (AvgIpc) is 3.18. The van der Waals surface area contributed by atoms with Gasteiger partial charge in [0.2, 0.25) is 0 Å². The molecule has 0 saturated heterocycles. The molecule has 0 bridgehead atoms. The highest BCUT2D eigenvalue weighted by molar-refractivity contribution is 6.42. The Morgan fingerprint density at radius 1 is 1.08 bits per heavy atom. The highest BCUT2D eigenvalue weighted by atomic mass is 35.5. The first kappa shape index (κ1) is 27.8. The van der Waals surface area contributed by atoms with Crippen molar-refractivity contribution in [2.24, 2.45) is 0 Å². The number of aliphatic carboxylic acids is 1. The number of alkyl halides is 3. The molecule has 0 unspecified atom stereocenters. The van der Waals surface area contributed by atoms with Gasteiger partial charge in [-0.25, -0.2) is 0 Å². The van der Waals surface area contributed by atoms with Gasteiger partial charge >= 0.3 is 12.1 Å². The molecule has 3 aromatic rings. The van der Waals surface area contributed by atoms with E-state index in [2.05, 4.69) is 0 Å². The Hall–Kier alpha value is -3.23. The van der Waals surface area contributed by atoms with Gasteiger partial charge in [0, 0.05) is 31.5 Å². The minimum absolute atomic E-state index is 0.0389. The number of fused-ring (bicyclic) bond motifs is 1. The maximum Gasteiger partial charge on any atom is 0.416 e. The molecule has 4 rings (SSSR count). The summed E-state index contributed by atoms with van der Waals surface area (Å²) in [5, 5.41) is 10.1. The predicted molar refractivity (Wildman–Crippen MR) is 138 cm³/mol. The van der Waals surface area contributed by atoms with E-state index < -0.39 is 29.2 Å². The summed E-state index contributed by atoms with van der Waals surface area (Å²) >= 11 is 12.5. The van der Waals surface area contributed by atoms with E-state index in [1.54, 1.807) is 24.3 Å². The Labute approximate surface area is 227 Å². The lowest BCUT2D eigenvalue weighted by atomic mass is 9.91. The van der Waals surface area contributed by atoms with Crippen molar-refractivity contribution in [3.63, 3.8) is 0 Å². The molecule has 0 aliphatic carbocycles. The molecule has 38 heavy (non-hydrogen) atoms. The highest BCUT2D eigenvalue weighted by Gasteiger charge is 2.36. The number of nitrogens with zero attached hydrogens (tertiary/aromatic N) is 1. The van der Waals surface area contributed by atoms with Gasteiger partial charge in [-0.1, -0.05) is 47.5 Å². The summed E-state index contributed by atoms with van der Waals surface area (Å²) in [5.74, 6) is -0.893. The second kappa shape index (κ2) is 10.9. The second-order valence-corrected chi connectivity index (χ2v) is 10.3. The van der Waals surface area contributed by atoms with Gasteiger partial charge in [0.05, 0.1) is 22.0 Å². The fourth-order valence-corrected chi connectivity index (χ4v) is 4.91. The molecule has 1 N–H and O–H groups in total. The van der Waals surface area contributed by atoms with Crippen molar-refractivity contribution in [2.45, 2.75) is 44.5 Å². The first-order chi connectivity index (χ1) is 17.8. The molecule has 1 atom stereocenters. The first-order valence-corrected chi connectivity index (χ1v) is 12.5. The van der Waals surface area contributed by atoms with Crippen molar-refractivity contribution in [3.8, 4) is 5.75 Å². The van der Waals surface area contributed by atoms with Crippen LogP contribution in [-0.2, 0) is 30.4 Å². The van der Waals surface area contributed by atoms with Crippen LogP contribution >= 0.6 is 23.2 Å². The molecule has 1 aliphatic heterocycles. The maximum absolute atomic E-state index is 13.4. The highest BCUT2D eigenvalue weighted by Crippen LogP contribution is 2.39. The number of carbonyl (C=O) groups is 2. The van der Waals surface area contributed by atoms with Crippen LogP contribution in [0.25, 0.3) is 0 Å². The third kappa shape index (κ3) is 6.42. The van der Waals surface area contributed by atoms with Gasteiger partial charge in [0.25, 0.3) is 5.91 Å². The van der Waals surface area contributed by atoms with Crippen LogP contribution in [0.3, 0.4) is 0 Å². The van der Waals surface area contributed by atoms with Crippen LogP contribution in [0, 0.1) is 0 Å². The lowest BCUT2D eigenvalue weighted by molar-refractivity contribution is -0.138. The fourth-order valence-electron chi connectivity index (χ4n) is 4.53. The molecular formula is C28H24Cl2F3NO4. The molecule has 10 heteroatoms. The number of carboxylic acids is 1. The summed E-state index contributed by atoms with van der Waals surface area (Å²) in [5.41, 5.74) is 1.00. The fraction of sp³-hybridized carbons (Fsp3) is 0.286. The molecule has 0 aromatic heterocycles. The third-order valence-corrected chi connectivity index (χ3v) is 7.22. The predicted octanol–water partition coefficient (Wildman–Crippen LogP) is 7.07. The topological polar surface area (TPSA) is 66.8 Å². The normalized spacial score (nSPS) is 16.6. The zero-order valence-electron chi connectivity index (χ0n) is 20.3. The third-order valence-electron chi connectivity index (χ3n) is 6.36. The smallest absolute Gasteiger partial charge is 0.416 e. The Morgan fingerprint density at radius 3 is 2.45 bits per heavy atom. The van der Waals surface area contributed by atoms with E-state index in [1.807, 2.05) is 19.1 Å². The van der Waals surface area contributed by atoms with Crippen molar-refractivity contribution in [1.29, 1.82) is 0 Å². The summed E-state index contributed by atoms with van der Waals surface area (Å²) in [6.07, 6.45) is -3.79. The van der Waals surface area contributed by atoms with Crippen LogP contribution in [0.2, 0.25) is 10.0 Å². The number of carbonyl (C=O) groups excluding carboxylic acids is 1.